The van der Waals surface area contributed by atoms with Gasteiger partial charge >= 0.3 is 0 Å². The van der Waals surface area contributed by atoms with Crippen molar-refractivity contribution in [3.63, 3.8) is 0 Å². The van der Waals surface area contributed by atoms with E-state index in [4.69, 9.17) is 0 Å². The maximum absolute atomic E-state index is 12.1. The summed E-state index contributed by atoms with van der Waals surface area (Å²) in [5, 5.41) is 1.03. The first-order chi connectivity index (χ1) is 8.58. The van der Waals surface area contributed by atoms with Gasteiger partial charge in [0.2, 0.25) is 0 Å². The zero-order chi connectivity index (χ0) is 13.1. The Hall–Kier alpha value is -1.48. The van der Waals surface area contributed by atoms with Gasteiger partial charge in [0, 0.05) is 16.3 Å². The Morgan fingerprint density at radius 1 is 1.33 bits per heavy atom. The van der Waals surface area contributed by atoms with Gasteiger partial charge in [-0.2, -0.15) is 0 Å². The Bertz CT molecular complexity index is 619. The summed E-state index contributed by atoms with van der Waals surface area (Å²) in [5.41, 5.74) is 2.37. The molecule has 0 unspecified atom stereocenters. The van der Waals surface area contributed by atoms with Gasteiger partial charge in [0.25, 0.3) is 0 Å². The van der Waals surface area contributed by atoms with Gasteiger partial charge in [-0.05, 0) is 41.4 Å². The third kappa shape index (κ3) is 2.85. The summed E-state index contributed by atoms with van der Waals surface area (Å²) in [6, 6.07) is 9.72. The predicted molar refractivity (Wildman–Crippen MR) is 77.8 cm³/mol. The molecule has 0 N–H and O–H groups in total. The second-order valence-electron chi connectivity index (χ2n) is 4.39. The first-order valence-electron chi connectivity index (χ1n) is 5.81. The van der Waals surface area contributed by atoms with E-state index in [1.807, 2.05) is 37.3 Å². The second-order valence-corrected chi connectivity index (χ2v) is 5.25. The van der Waals surface area contributed by atoms with Gasteiger partial charge in [0.1, 0.15) is 5.69 Å². The molecule has 2 nitrogen and oxygen atoms in total. The average molecular weight is 304 g/mol. The van der Waals surface area contributed by atoms with Crippen LogP contribution in [0, 0.1) is 0 Å². The zero-order valence-electron chi connectivity index (χ0n) is 10.2. The number of allylic oxidation sites excluding steroid dienone is 1. The van der Waals surface area contributed by atoms with Crippen LogP contribution in [0.25, 0.3) is 10.9 Å². The molecule has 0 atom stereocenters. The lowest BCUT2D eigenvalue weighted by molar-refractivity contribution is 0.0977. The highest BCUT2D eigenvalue weighted by Crippen LogP contribution is 2.23. The molecule has 2 rings (SSSR count). The van der Waals surface area contributed by atoms with Crippen LogP contribution >= 0.6 is 15.9 Å². The molecule has 0 aliphatic carbocycles. The van der Waals surface area contributed by atoms with E-state index in [9.17, 15) is 4.79 Å². The van der Waals surface area contributed by atoms with Crippen LogP contribution in [0.15, 0.2) is 47.0 Å². The SMILES string of the molecule is C=C(C)CCC(=O)c1nc2ccccc2cc1Br. The predicted octanol–water partition coefficient (Wildman–Crippen LogP) is 4.54. The number of fused-ring (bicyclic) bond motifs is 1. The van der Waals surface area contributed by atoms with Gasteiger partial charge in [0.15, 0.2) is 5.78 Å². The van der Waals surface area contributed by atoms with E-state index in [2.05, 4.69) is 27.5 Å². The van der Waals surface area contributed by atoms with Crippen LogP contribution in [0.5, 0.6) is 0 Å². The number of hydrogen-bond acceptors (Lipinski definition) is 2. The maximum Gasteiger partial charge on any atom is 0.182 e. The number of benzene rings is 1. The summed E-state index contributed by atoms with van der Waals surface area (Å²) in [7, 11) is 0. The average Bonchev–Trinajstić information content (AvgIpc) is 2.35. The Kier molecular flexibility index (Phi) is 3.92. The summed E-state index contributed by atoms with van der Waals surface area (Å²) in [5.74, 6) is 0.0515. The van der Waals surface area contributed by atoms with E-state index in [0.29, 0.717) is 18.5 Å². The van der Waals surface area contributed by atoms with E-state index < -0.39 is 0 Å². The largest absolute Gasteiger partial charge is 0.292 e. The Labute approximate surface area is 115 Å². The number of ketones is 1. The fourth-order valence-corrected chi connectivity index (χ4v) is 2.29. The number of Topliss-reactive ketones (excluding diaryl/α,β-unsaturated/α-hetero) is 1. The molecular weight excluding hydrogens is 290 g/mol. The second kappa shape index (κ2) is 5.44. The normalized spacial score (nSPS) is 10.6. The third-order valence-corrected chi connectivity index (χ3v) is 3.32. The standard InChI is InChI=1S/C15H14BrNO/c1-10(2)7-8-14(18)15-12(16)9-11-5-3-4-6-13(11)17-15/h3-6,9H,1,7-8H2,2H3. The number of carbonyl (C=O) groups excluding carboxylic acids is 1. The summed E-state index contributed by atoms with van der Waals surface area (Å²) in [6.07, 6.45) is 1.17. The lowest BCUT2D eigenvalue weighted by atomic mass is 10.1. The molecule has 0 bridgehead atoms. The number of hydrogen-bond donors (Lipinski definition) is 0. The number of halogens is 1. The quantitative estimate of drug-likeness (QED) is 0.613. The van der Waals surface area contributed by atoms with Crippen molar-refractivity contribution < 1.29 is 4.79 Å². The molecule has 0 aliphatic rings. The van der Waals surface area contributed by atoms with Crippen molar-refractivity contribution in [2.75, 3.05) is 0 Å². The molecule has 18 heavy (non-hydrogen) atoms. The van der Waals surface area contributed by atoms with Crippen LogP contribution in [0.1, 0.15) is 30.3 Å². The van der Waals surface area contributed by atoms with E-state index in [0.717, 1.165) is 20.9 Å². The van der Waals surface area contributed by atoms with Crippen molar-refractivity contribution in [3.8, 4) is 0 Å². The van der Waals surface area contributed by atoms with Gasteiger partial charge in [-0.25, -0.2) is 4.98 Å². The summed E-state index contributed by atoms with van der Waals surface area (Å²) >= 11 is 3.42. The van der Waals surface area contributed by atoms with E-state index in [-0.39, 0.29) is 5.78 Å². The van der Waals surface area contributed by atoms with Gasteiger partial charge < -0.3 is 0 Å². The number of carbonyl (C=O) groups is 1. The lowest BCUT2D eigenvalue weighted by Crippen LogP contribution is -2.04. The minimum absolute atomic E-state index is 0.0515. The van der Waals surface area contributed by atoms with Crippen LogP contribution in [0.3, 0.4) is 0 Å². The summed E-state index contributed by atoms with van der Waals surface area (Å²) in [4.78, 5) is 16.5. The monoisotopic (exact) mass is 303 g/mol. The van der Waals surface area contributed by atoms with E-state index in [1.54, 1.807) is 0 Å². The van der Waals surface area contributed by atoms with Crippen LogP contribution < -0.4 is 0 Å². The lowest BCUT2D eigenvalue weighted by Gasteiger charge is -2.05. The topological polar surface area (TPSA) is 30.0 Å². The van der Waals surface area contributed by atoms with Crippen molar-refractivity contribution in [1.29, 1.82) is 0 Å². The van der Waals surface area contributed by atoms with Gasteiger partial charge in [-0.1, -0.05) is 23.8 Å². The number of pyridine rings is 1. The molecule has 1 heterocycles. The first kappa shape index (κ1) is 13.0. The van der Waals surface area contributed by atoms with Gasteiger partial charge in [-0.3, -0.25) is 4.79 Å². The van der Waals surface area contributed by atoms with Crippen molar-refractivity contribution in [2.45, 2.75) is 19.8 Å². The third-order valence-electron chi connectivity index (χ3n) is 2.72. The number of para-hydroxylation sites is 1. The number of nitrogens with zero attached hydrogens (tertiary/aromatic N) is 1. The Morgan fingerprint density at radius 2 is 2.06 bits per heavy atom. The highest BCUT2D eigenvalue weighted by molar-refractivity contribution is 9.10. The highest BCUT2D eigenvalue weighted by Gasteiger charge is 2.12. The number of aromatic nitrogens is 1. The van der Waals surface area contributed by atoms with Crippen molar-refractivity contribution in [2.24, 2.45) is 0 Å². The Balaban J connectivity index is 2.35. The summed E-state index contributed by atoms with van der Waals surface area (Å²) in [6.45, 7) is 5.74. The molecule has 0 aliphatic heterocycles. The molecule has 0 spiro atoms. The van der Waals surface area contributed by atoms with Crippen molar-refractivity contribution in [3.05, 3.63) is 52.7 Å². The fourth-order valence-electron chi connectivity index (χ4n) is 1.73. The maximum atomic E-state index is 12.1. The molecule has 1 aromatic carbocycles. The first-order valence-corrected chi connectivity index (χ1v) is 6.60. The fraction of sp³-hybridized carbons (Fsp3) is 0.200. The smallest absolute Gasteiger partial charge is 0.182 e. The minimum atomic E-state index is 0.0515. The molecule has 2 aromatic rings. The van der Waals surface area contributed by atoms with E-state index >= 15 is 0 Å². The van der Waals surface area contributed by atoms with Gasteiger partial charge in [0.05, 0.1) is 5.52 Å². The van der Waals surface area contributed by atoms with E-state index in [1.165, 1.54) is 0 Å². The molecule has 0 radical (unpaired) electrons. The van der Waals surface area contributed by atoms with Crippen LogP contribution in [0.4, 0.5) is 0 Å². The Morgan fingerprint density at radius 3 is 2.78 bits per heavy atom. The molecule has 0 fully saturated rings. The van der Waals surface area contributed by atoms with Crippen molar-refractivity contribution >= 4 is 32.6 Å². The molecule has 3 heteroatoms. The summed E-state index contributed by atoms with van der Waals surface area (Å²) < 4.78 is 0.757. The zero-order valence-corrected chi connectivity index (χ0v) is 11.8. The minimum Gasteiger partial charge on any atom is -0.292 e. The van der Waals surface area contributed by atoms with Gasteiger partial charge in [-0.15, -0.1) is 6.58 Å². The number of rotatable bonds is 4. The van der Waals surface area contributed by atoms with Crippen LogP contribution in [0.2, 0.25) is 0 Å². The molecule has 0 amide bonds. The molecule has 0 saturated carbocycles. The molecule has 0 saturated heterocycles. The van der Waals surface area contributed by atoms with Crippen molar-refractivity contribution in [1.82, 2.24) is 4.98 Å². The molecule has 92 valence electrons. The molecule has 1 aromatic heterocycles. The van der Waals surface area contributed by atoms with Crippen LogP contribution in [-0.2, 0) is 0 Å². The van der Waals surface area contributed by atoms with Crippen LogP contribution in [-0.4, -0.2) is 10.8 Å². The molecular formula is C15H14BrNO. The highest BCUT2D eigenvalue weighted by atomic mass is 79.9.